The zero-order valence-electron chi connectivity index (χ0n) is 17.7. The van der Waals surface area contributed by atoms with Gasteiger partial charge in [0.25, 0.3) is 5.91 Å². The molecule has 1 N–H and O–H groups in total. The lowest BCUT2D eigenvalue weighted by Gasteiger charge is -2.09. The summed E-state index contributed by atoms with van der Waals surface area (Å²) in [5, 5.41) is 12.2. The fraction of sp³-hybridized carbons (Fsp3) is 0.120. The van der Waals surface area contributed by atoms with Crippen LogP contribution in [0.25, 0.3) is 6.08 Å². The third-order valence-corrected chi connectivity index (χ3v) is 5.98. The monoisotopic (exact) mass is 446 g/mol. The zero-order chi connectivity index (χ0) is 23.1. The molecule has 0 aliphatic rings. The predicted octanol–water partition coefficient (Wildman–Crippen LogP) is 4.87. The van der Waals surface area contributed by atoms with E-state index in [0.29, 0.717) is 11.3 Å². The first kappa shape index (κ1) is 22.8. The number of amides is 1. The zero-order valence-corrected chi connectivity index (χ0v) is 18.5. The lowest BCUT2D eigenvalue weighted by molar-refractivity contribution is -0.112. The SMILES string of the molecule is CCc1ccccc1NC(=O)/C(C#N)=C/c1ccc(OS(=O)(=O)c2ccc(C)cc2)cc1. The van der Waals surface area contributed by atoms with Crippen LogP contribution in [-0.2, 0) is 21.3 Å². The number of carbonyl (C=O) groups is 1. The molecule has 0 radical (unpaired) electrons. The van der Waals surface area contributed by atoms with Crippen LogP contribution in [0.3, 0.4) is 0 Å². The standard InChI is InChI=1S/C25H22N2O4S/c1-3-20-6-4-5-7-24(20)27-25(28)21(17-26)16-19-10-12-22(13-11-19)31-32(29,30)23-14-8-18(2)9-15-23/h4-16H,3H2,1-2H3,(H,27,28)/b21-16+. The first-order chi connectivity index (χ1) is 15.3. The van der Waals surface area contributed by atoms with Crippen molar-refractivity contribution < 1.29 is 17.4 Å². The Kier molecular flexibility index (Phi) is 7.08. The Morgan fingerprint density at radius 3 is 2.31 bits per heavy atom. The van der Waals surface area contributed by atoms with Crippen LogP contribution in [0.15, 0.2) is 83.3 Å². The number of anilines is 1. The van der Waals surface area contributed by atoms with Crippen molar-refractivity contribution in [1.29, 1.82) is 5.26 Å². The molecule has 0 bridgehead atoms. The second kappa shape index (κ2) is 9.94. The molecule has 3 rings (SSSR count). The molecule has 0 aliphatic heterocycles. The number of hydrogen-bond donors (Lipinski definition) is 1. The minimum Gasteiger partial charge on any atom is -0.379 e. The smallest absolute Gasteiger partial charge is 0.339 e. The van der Waals surface area contributed by atoms with Crippen LogP contribution in [0, 0.1) is 18.3 Å². The number of benzene rings is 3. The molecule has 0 aromatic heterocycles. The van der Waals surface area contributed by atoms with Gasteiger partial charge in [-0.3, -0.25) is 4.79 Å². The lowest BCUT2D eigenvalue weighted by atomic mass is 10.1. The van der Waals surface area contributed by atoms with Gasteiger partial charge in [-0.05, 0) is 60.9 Å². The summed E-state index contributed by atoms with van der Waals surface area (Å²) in [6, 6.07) is 21.7. The van der Waals surface area contributed by atoms with Crippen molar-refractivity contribution in [3.63, 3.8) is 0 Å². The maximum atomic E-state index is 12.5. The minimum absolute atomic E-state index is 0.0582. The topological polar surface area (TPSA) is 96.3 Å². The van der Waals surface area contributed by atoms with E-state index in [1.165, 1.54) is 30.3 Å². The van der Waals surface area contributed by atoms with Crippen molar-refractivity contribution in [2.45, 2.75) is 25.2 Å². The average molecular weight is 447 g/mol. The summed E-state index contributed by atoms with van der Waals surface area (Å²) in [4.78, 5) is 12.6. The van der Waals surface area contributed by atoms with Crippen molar-refractivity contribution in [1.82, 2.24) is 0 Å². The number of hydrogen-bond acceptors (Lipinski definition) is 5. The second-order valence-corrected chi connectivity index (χ2v) is 8.60. The highest BCUT2D eigenvalue weighted by atomic mass is 32.2. The summed E-state index contributed by atoms with van der Waals surface area (Å²) in [6.45, 7) is 3.84. The van der Waals surface area contributed by atoms with E-state index in [2.05, 4.69) is 5.32 Å². The van der Waals surface area contributed by atoms with Crippen molar-refractivity contribution in [2.75, 3.05) is 5.32 Å². The number of rotatable bonds is 7. The highest BCUT2D eigenvalue weighted by molar-refractivity contribution is 7.87. The molecule has 1 amide bonds. The molecule has 0 aliphatic carbocycles. The van der Waals surface area contributed by atoms with E-state index in [0.717, 1.165) is 17.5 Å². The van der Waals surface area contributed by atoms with Gasteiger partial charge in [-0.1, -0.05) is 55.0 Å². The van der Waals surface area contributed by atoms with Crippen LogP contribution in [0.4, 0.5) is 5.69 Å². The Bertz CT molecular complexity index is 1290. The molecule has 0 atom stereocenters. The van der Waals surface area contributed by atoms with Gasteiger partial charge in [-0.15, -0.1) is 0 Å². The van der Waals surface area contributed by atoms with Crippen LogP contribution in [0.2, 0.25) is 0 Å². The summed E-state index contributed by atoms with van der Waals surface area (Å²) in [5.74, 6) is -0.391. The summed E-state index contributed by atoms with van der Waals surface area (Å²) in [5.41, 5.74) is 3.05. The molecule has 0 saturated heterocycles. The quantitative estimate of drug-likeness (QED) is 0.317. The molecule has 6 nitrogen and oxygen atoms in total. The van der Waals surface area contributed by atoms with E-state index in [1.807, 2.05) is 38.1 Å². The van der Waals surface area contributed by atoms with Crippen LogP contribution in [-0.4, -0.2) is 14.3 Å². The number of nitriles is 1. The second-order valence-electron chi connectivity index (χ2n) is 7.05. The maximum absolute atomic E-state index is 12.5. The molecule has 3 aromatic carbocycles. The Morgan fingerprint density at radius 1 is 1.03 bits per heavy atom. The molecule has 0 heterocycles. The first-order valence-corrected chi connectivity index (χ1v) is 11.4. The molecule has 0 unspecified atom stereocenters. The minimum atomic E-state index is -3.96. The molecule has 32 heavy (non-hydrogen) atoms. The number of carbonyl (C=O) groups excluding carboxylic acids is 1. The van der Waals surface area contributed by atoms with Crippen LogP contribution in [0.5, 0.6) is 5.75 Å². The van der Waals surface area contributed by atoms with E-state index in [-0.39, 0.29) is 16.2 Å². The van der Waals surface area contributed by atoms with Gasteiger partial charge in [0.15, 0.2) is 0 Å². The summed E-state index contributed by atoms with van der Waals surface area (Å²) < 4.78 is 30.0. The summed E-state index contributed by atoms with van der Waals surface area (Å²) >= 11 is 0. The van der Waals surface area contributed by atoms with Gasteiger partial charge in [0.1, 0.15) is 22.3 Å². The van der Waals surface area contributed by atoms with Gasteiger partial charge in [-0.25, -0.2) is 0 Å². The van der Waals surface area contributed by atoms with E-state index in [4.69, 9.17) is 4.18 Å². The molecule has 7 heteroatoms. The van der Waals surface area contributed by atoms with Crippen LogP contribution < -0.4 is 9.50 Å². The number of nitrogens with zero attached hydrogens (tertiary/aromatic N) is 1. The number of nitrogens with one attached hydrogen (secondary N) is 1. The van der Waals surface area contributed by atoms with Crippen molar-refractivity contribution in [3.05, 3.63) is 95.1 Å². The summed E-state index contributed by atoms with van der Waals surface area (Å²) in [7, 11) is -3.96. The Balaban J connectivity index is 1.74. The fourth-order valence-electron chi connectivity index (χ4n) is 2.95. The maximum Gasteiger partial charge on any atom is 0.339 e. The van der Waals surface area contributed by atoms with Crippen LogP contribution in [0.1, 0.15) is 23.6 Å². The van der Waals surface area contributed by atoms with Gasteiger partial charge in [-0.2, -0.15) is 13.7 Å². The van der Waals surface area contributed by atoms with Gasteiger partial charge < -0.3 is 9.50 Å². The highest BCUT2D eigenvalue weighted by Gasteiger charge is 2.16. The number of para-hydroxylation sites is 1. The van der Waals surface area contributed by atoms with Crippen molar-refractivity contribution >= 4 is 27.8 Å². The van der Waals surface area contributed by atoms with Gasteiger partial charge in [0.05, 0.1) is 0 Å². The van der Waals surface area contributed by atoms with Crippen molar-refractivity contribution in [2.24, 2.45) is 0 Å². The van der Waals surface area contributed by atoms with Gasteiger partial charge in [0.2, 0.25) is 0 Å². The van der Waals surface area contributed by atoms with E-state index in [9.17, 15) is 18.5 Å². The molecule has 3 aromatic rings. The molecule has 162 valence electrons. The highest BCUT2D eigenvalue weighted by Crippen LogP contribution is 2.21. The molecule has 0 fully saturated rings. The summed E-state index contributed by atoms with van der Waals surface area (Å²) in [6.07, 6.45) is 2.18. The van der Waals surface area contributed by atoms with E-state index in [1.54, 1.807) is 30.3 Å². The Hall–Kier alpha value is -3.89. The van der Waals surface area contributed by atoms with E-state index < -0.39 is 16.0 Å². The number of aryl methyl sites for hydroxylation is 2. The molecular weight excluding hydrogens is 424 g/mol. The molecular formula is C25H22N2O4S. The lowest BCUT2D eigenvalue weighted by Crippen LogP contribution is -2.14. The molecule has 0 saturated carbocycles. The van der Waals surface area contributed by atoms with Crippen LogP contribution >= 0.6 is 0 Å². The Labute approximate surface area is 187 Å². The average Bonchev–Trinajstić information content (AvgIpc) is 2.79. The molecule has 0 spiro atoms. The van der Waals surface area contributed by atoms with Gasteiger partial charge in [0, 0.05) is 5.69 Å². The normalized spacial score (nSPS) is 11.5. The fourth-order valence-corrected chi connectivity index (χ4v) is 3.88. The van der Waals surface area contributed by atoms with Crippen molar-refractivity contribution in [3.8, 4) is 11.8 Å². The largest absolute Gasteiger partial charge is 0.379 e. The third-order valence-electron chi connectivity index (χ3n) is 4.72. The van der Waals surface area contributed by atoms with E-state index >= 15 is 0 Å². The third kappa shape index (κ3) is 5.62. The Morgan fingerprint density at radius 2 is 1.69 bits per heavy atom. The predicted molar refractivity (Wildman–Crippen MR) is 123 cm³/mol. The van der Waals surface area contributed by atoms with Gasteiger partial charge >= 0.3 is 10.1 Å². The first-order valence-electron chi connectivity index (χ1n) is 9.94.